The molecule has 3 aromatic rings. The second kappa shape index (κ2) is 8.33. The molecule has 6 nitrogen and oxygen atoms in total. The topological polar surface area (TPSA) is 114 Å². The van der Waals surface area contributed by atoms with Crippen LogP contribution < -0.4 is 21.5 Å². The summed E-state index contributed by atoms with van der Waals surface area (Å²) in [4.78, 5) is 0. The number of rotatable bonds is 3. The lowest BCUT2D eigenvalue weighted by atomic mass is 10.1. The average molecular weight is 365 g/mol. The van der Waals surface area contributed by atoms with Crippen molar-refractivity contribution in [2.75, 3.05) is 17.6 Å². The van der Waals surface area contributed by atoms with Crippen LogP contribution in [0.1, 0.15) is 12.0 Å². The van der Waals surface area contributed by atoms with Gasteiger partial charge in [-0.15, -0.1) is 0 Å². The zero-order valence-corrected chi connectivity index (χ0v) is 14.9. The van der Waals surface area contributed by atoms with Crippen LogP contribution in [0.4, 0.5) is 17.1 Å². The summed E-state index contributed by atoms with van der Waals surface area (Å²) < 4.78 is 5.90. The standard InChI is InChI=1S/C15H16N2O.C6H7NO2/c16-10-4-6-11-5-3-9-14-15(11)17-12-7-1-2-8-13(12)18-14;7-6-4(8)2-1-3-5(6)9/h1-3,5,7-9,17H,4,6,10,16H2;1-3,8-9H,7H2. The minimum Gasteiger partial charge on any atom is -0.506 e. The maximum Gasteiger partial charge on any atom is 0.151 e. The largest absolute Gasteiger partial charge is 0.506 e. The summed E-state index contributed by atoms with van der Waals surface area (Å²) >= 11 is 0. The van der Waals surface area contributed by atoms with Crippen LogP contribution in [0.2, 0.25) is 0 Å². The van der Waals surface area contributed by atoms with Crippen molar-refractivity contribution in [3.05, 3.63) is 66.2 Å². The van der Waals surface area contributed by atoms with Gasteiger partial charge in [0, 0.05) is 0 Å². The van der Waals surface area contributed by atoms with Crippen LogP contribution in [0.15, 0.2) is 60.7 Å². The Bertz CT molecular complexity index is 908. The summed E-state index contributed by atoms with van der Waals surface area (Å²) in [6.45, 7) is 0.709. The zero-order valence-electron chi connectivity index (χ0n) is 14.9. The summed E-state index contributed by atoms with van der Waals surface area (Å²) in [5, 5.41) is 21.1. The molecule has 6 heteroatoms. The molecule has 4 rings (SSSR count). The predicted molar refractivity (Wildman–Crippen MR) is 108 cm³/mol. The van der Waals surface area contributed by atoms with E-state index in [1.54, 1.807) is 0 Å². The molecule has 0 spiro atoms. The van der Waals surface area contributed by atoms with E-state index >= 15 is 0 Å². The van der Waals surface area contributed by atoms with Crippen LogP contribution in [0, 0.1) is 0 Å². The third-order valence-corrected chi connectivity index (χ3v) is 4.19. The van der Waals surface area contributed by atoms with Gasteiger partial charge in [0.05, 0.1) is 11.4 Å². The number of nitrogens with one attached hydrogen (secondary N) is 1. The van der Waals surface area contributed by atoms with E-state index < -0.39 is 0 Å². The van der Waals surface area contributed by atoms with E-state index in [0.717, 1.165) is 35.7 Å². The summed E-state index contributed by atoms with van der Waals surface area (Å²) in [5.74, 6) is 1.59. The number of benzene rings is 3. The van der Waals surface area contributed by atoms with Crippen molar-refractivity contribution >= 4 is 17.1 Å². The number of nitrogen functional groups attached to an aromatic ring is 1. The highest BCUT2D eigenvalue weighted by Crippen LogP contribution is 2.43. The number of phenols is 2. The first kappa shape index (κ1) is 18.4. The molecule has 0 aliphatic carbocycles. The van der Waals surface area contributed by atoms with Crippen molar-refractivity contribution in [1.82, 2.24) is 0 Å². The van der Waals surface area contributed by atoms with Gasteiger partial charge in [0.2, 0.25) is 0 Å². The zero-order chi connectivity index (χ0) is 19.2. The number of hydrogen-bond acceptors (Lipinski definition) is 6. The lowest BCUT2D eigenvalue weighted by Crippen LogP contribution is -2.07. The lowest BCUT2D eigenvalue weighted by Gasteiger charge is -2.23. The molecule has 1 aliphatic rings. The molecule has 7 N–H and O–H groups in total. The van der Waals surface area contributed by atoms with Gasteiger partial charge < -0.3 is 31.7 Å². The smallest absolute Gasteiger partial charge is 0.151 e. The predicted octanol–water partition coefficient (Wildman–Crippen LogP) is 4.11. The van der Waals surface area contributed by atoms with Crippen LogP contribution in [0.5, 0.6) is 23.0 Å². The minimum atomic E-state index is -0.0880. The van der Waals surface area contributed by atoms with Gasteiger partial charge in [0.25, 0.3) is 0 Å². The van der Waals surface area contributed by atoms with E-state index in [1.165, 1.54) is 23.8 Å². The second-order valence-electron chi connectivity index (χ2n) is 6.12. The van der Waals surface area contributed by atoms with E-state index in [9.17, 15) is 0 Å². The van der Waals surface area contributed by atoms with E-state index in [2.05, 4.69) is 11.4 Å². The number of anilines is 3. The Labute approximate surface area is 158 Å². The van der Waals surface area contributed by atoms with Gasteiger partial charge in [-0.3, -0.25) is 0 Å². The van der Waals surface area contributed by atoms with Crippen LogP contribution >= 0.6 is 0 Å². The first-order valence-corrected chi connectivity index (χ1v) is 8.72. The fourth-order valence-corrected chi connectivity index (χ4v) is 2.76. The molecule has 1 aliphatic heterocycles. The van der Waals surface area contributed by atoms with Gasteiger partial charge in [-0.25, -0.2) is 0 Å². The van der Waals surface area contributed by atoms with Crippen molar-refractivity contribution in [1.29, 1.82) is 0 Å². The van der Waals surface area contributed by atoms with Gasteiger partial charge in [0.15, 0.2) is 11.5 Å². The summed E-state index contributed by atoms with van der Waals surface area (Å²) in [6.07, 6.45) is 1.96. The van der Waals surface area contributed by atoms with E-state index in [1.807, 2.05) is 36.4 Å². The van der Waals surface area contributed by atoms with Crippen LogP contribution in [0.25, 0.3) is 0 Å². The first-order valence-electron chi connectivity index (χ1n) is 8.72. The number of nitrogens with two attached hydrogens (primary N) is 2. The molecule has 0 radical (unpaired) electrons. The molecule has 0 unspecified atom stereocenters. The molecule has 0 atom stereocenters. The molecule has 27 heavy (non-hydrogen) atoms. The second-order valence-corrected chi connectivity index (χ2v) is 6.12. The highest BCUT2D eigenvalue weighted by atomic mass is 16.5. The van der Waals surface area contributed by atoms with Gasteiger partial charge in [0.1, 0.15) is 17.2 Å². The van der Waals surface area contributed by atoms with Gasteiger partial charge in [-0.05, 0) is 55.3 Å². The lowest BCUT2D eigenvalue weighted by molar-refractivity contribution is 0.455. The molecular weight excluding hydrogens is 342 g/mol. The van der Waals surface area contributed by atoms with Crippen molar-refractivity contribution < 1.29 is 14.9 Å². The van der Waals surface area contributed by atoms with Crippen LogP contribution in [-0.2, 0) is 6.42 Å². The van der Waals surface area contributed by atoms with Crippen LogP contribution in [0.3, 0.4) is 0 Å². The summed E-state index contributed by atoms with van der Waals surface area (Å²) in [6, 6.07) is 18.5. The minimum absolute atomic E-state index is 0.0255. The molecular formula is C21H23N3O3. The Hall–Kier alpha value is -3.38. The number of aryl methyl sites for hydroxylation is 1. The highest BCUT2D eigenvalue weighted by molar-refractivity contribution is 5.77. The maximum atomic E-state index is 8.82. The van der Waals surface area contributed by atoms with Crippen molar-refractivity contribution in [3.8, 4) is 23.0 Å². The quantitative estimate of drug-likeness (QED) is 0.276. The Morgan fingerprint density at radius 2 is 1.52 bits per heavy atom. The molecule has 0 amide bonds. The molecule has 0 fully saturated rings. The SMILES string of the molecule is NCCCc1cccc2c1Nc1ccccc1O2.Nc1c(O)cccc1O. The average Bonchev–Trinajstić information content (AvgIpc) is 2.69. The molecule has 3 aromatic carbocycles. The fraction of sp³-hybridized carbons (Fsp3) is 0.143. The Morgan fingerprint density at radius 1 is 0.852 bits per heavy atom. The number of fused-ring (bicyclic) bond motifs is 2. The van der Waals surface area contributed by atoms with Crippen molar-refractivity contribution in [2.24, 2.45) is 5.73 Å². The number of aromatic hydroxyl groups is 2. The number of phenolic OH excluding ortho intramolecular Hbond substituents is 2. The summed E-state index contributed by atoms with van der Waals surface area (Å²) in [5.41, 5.74) is 14.1. The Kier molecular flexibility index (Phi) is 5.68. The summed E-state index contributed by atoms with van der Waals surface area (Å²) in [7, 11) is 0. The molecule has 0 aromatic heterocycles. The monoisotopic (exact) mass is 365 g/mol. The van der Waals surface area contributed by atoms with Crippen molar-refractivity contribution in [2.45, 2.75) is 12.8 Å². The number of para-hydroxylation sites is 4. The van der Waals surface area contributed by atoms with Crippen LogP contribution in [-0.4, -0.2) is 16.8 Å². The van der Waals surface area contributed by atoms with Gasteiger partial charge >= 0.3 is 0 Å². The van der Waals surface area contributed by atoms with Gasteiger partial charge in [-0.2, -0.15) is 0 Å². The van der Waals surface area contributed by atoms with E-state index in [4.69, 9.17) is 26.4 Å². The van der Waals surface area contributed by atoms with E-state index in [-0.39, 0.29) is 17.2 Å². The molecule has 140 valence electrons. The first-order chi connectivity index (χ1) is 13.1. The van der Waals surface area contributed by atoms with E-state index in [0.29, 0.717) is 6.54 Å². The molecule has 0 bridgehead atoms. The normalized spacial score (nSPS) is 11.1. The molecule has 1 heterocycles. The Morgan fingerprint density at radius 3 is 2.22 bits per heavy atom. The maximum absolute atomic E-state index is 8.82. The number of hydrogen-bond donors (Lipinski definition) is 5. The highest BCUT2D eigenvalue weighted by Gasteiger charge is 2.18. The fourth-order valence-electron chi connectivity index (χ4n) is 2.76. The third kappa shape index (κ3) is 4.24. The molecule has 0 saturated carbocycles. The van der Waals surface area contributed by atoms with Crippen molar-refractivity contribution in [3.63, 3.8) is 0 Å². The third-order valence-electron chi connectivity index (χ3n) is 4.19. The molecule has 0 saturated heterocycles. The number of ether oxygens (including phenoxy) is 1. The van der Waals surface area contributed by atoms with Gasteiger partial charge in [-0.1, -0.05) is 30.3 Å². The Balaban J connectivity index is 0.000000197.